The molecule has 5 heteroatoms. The van der Waals surface area contributed by atoms with Gasteiger partial charge in [0.05, 0.1) is 6.42 Å². The minimum Gasteiger partial charge on any atom is -0.481 e. The maximum atomic E-state index is 10.3. The van der Waals surface area contributed by atoms with Crippen molar-refractivity contribution in [1.29, 1.82) is 0 Å². The van der Waals surface area contributed by atoms with Crippen molar-refractivity contribution >= 4 is 36.5 Å². The van der Waals surface area contributed by atoms with Crippen LogP contribution in [0.15, 0.2) is 27.5 Å². The second-order valence-electron chi connectivity index (χ2n) is 1.97. The highest BCUT2D eigenvalue weighted by Crippen LogP contribution is 2.12. The molecule has 12 heavy (non-hydrogen) atoms. The molecule has 0 radical (unpaired) electrons. The second-order valence-corrected chi connectivity index (χ2v) is 2.67. The van der Waals surface area contributed by atoms with E-state index in [0.29, 0.717) is 0 Å². The number of aliphatic carboxylic acids is 1. The van der Waals surface area contributed by atoms with Gasteiger partial charge in [0.1, 0.15) is 0 Å². The lowest BCUT2D eigenvalue weighted by molar-refractivity contribution is -0.136. The summed E-state index contributed by atoms with van der Waals surface area (Å²) in [6.07, 6.45) is 5.11. The highest BCUT2D eigenvalue weighted by Gasteiger charge is 2.00. The molecule has 0 atom stereocenters. The van der Waals surface area contributed by atoms with Crippen LogP contribution in [0.4, 0.5) is 0 Å². The molecule has 1 heterocycles. The van der Waals surface area contributed by atoms with Crippen LogP contribution >= 0.6 is 24.4 Å². The average molecular weight is 206 g/mol. The molecule has 0 unspecified atom stereocenters. The van der Waals surface area contributed by atoms with Crippen LogP contribution in [-0.4, -0.2) is 17.3 Å². The van der Waals surface area contributed by atoms with Crippen molar-refractivity contribution in [3.63, 3.8) is 0 Å². The molecule has 0 aliphatic carbocycles. The number of carboxylic acid groups (broad SMARTS) is 1. The zero-order valence-electron chi connectivity index (χ0n) is 6.14. The van der Waals surface area contributed by atoms with Gasteiger partial charge in [0.15, 0.2) is 0 Å². The van der Waals surface area contributed by atoms with Gasteiger partial charge in [-0.15, -0.1) is 12.4 Å². The fourth-order valence-corrected chi connectivity index (χ4v) is 1.10. The van der Waals surface area contributed by atoms with Gasteiger partial charge >= 0.3 is 5.97 Å². The average Bonchev–Trinajstić information content (AvgIpc) is 2.14. The fraction of sp³-hybridized carbons (Fsp3) is 0.143. The van der Waals surface area contributed by atoms with Gasteiger partial charge in [0.2, 0.25) is 0 Å². The van der Waals surface area contributed by atoms with E-state index in [4.69, 9.17) is 5.11 Å². The van der Waals surface area contributed by atoms with Gasteiger partial charge in [-0.2, -0.15) is 0 Å². The number of hydrogen-bond acceptors (Lipinski definition) is 3. The Hall–Kier alpha value is -0.740. The van der Waals surface area contributed by atoms with Crippen molar-refractivity contribution in [2.24, 2.45) is 4.40 Å². The van der Waals surface area contributed by atoms with E-state index in [1.807, 2.05) is 0 Å². The van der Waals surface area contributed by atoms with Crippen molar-refractivity contribution in [1.82, 2.24) is 0 Å². The third-order valence-electron chi connectivity index (χ3n) is 1.11. The first-order valence-corrected chi connectivity index (χ1v) is 3.89. The number of nitrogens with zero attached hydrogens (tertiary/aromatic N) is 1. The molecule has 0 fully saturated rings. The van der Waals surface area contributed by atoms with Crippen molar-refractivity contribution < 1.29 is 9.90 Å². The van der Waals surface area contributed by atoms with Crippen LogP contribution in [0, 0.1) is 0 Å². The van der Waals surface area contributed by atoms with Gasteiger partial charge in [-0.1, -0.05) is 6.08 Å². The minimum atomic E-state index is -0.818. The van der Waals surface area contributed by atoms with Gasteiger partial charge in [-0.25, -0.2) is 4.40 Å². The lowest BCUT2D eigenvalue weighted by Crippen LogP contribution is -1.95. The smallest absolute Gasteiger partial charge is 0.307 e. The maximum absolute atomic E-state index is 10.3. The van der Waals surface area contributed by atoms with Crippen LogP contribution in [0.2, 0.25) is 0 Å². The standard InChI is InChI=1S/C7H7NO2S.ClH/c9-7(10)5-6-1-3-8-11-4-2-6;/h1-4H,5H2,(H,9,10);1H. The van der Waals surface area contributed by atoms with Crippen LogP contribution < -0.4 is 0 Å². The molecule has 1 aliphatic heterocycles. The lowest BCUT2D eigenvalue weighted by Gasteiger charge is -1.92. The highest BCUT2D eigenvalue weighted by atomic mass is 35.5. The van der Waals surface area contributed by atoms with E-state index in [1.165, 1.54) is 11.9 Å². The Morgan fingerprint density at radius 3 is 3.08 bits per heavy atom. The molecule has 3 nitrogen and oxygen atoms in total. The lowest BCUT2D eigenvalue weighted by atomic mass is 10.2. The van der Waals surface area contributed by atoms with E-state index in [-0.39, 0.29) is 18.8 Å². The predicted octanol–water partition coefficient (Wildman–Crippen LogP) is 2.06. The Bertz CT molecular complexity index is 248. The SMILES string of the molecule is Cl.O=C(O)CC1=CC=NSC=C1. The van der Waals surface area contributed by atoms with Crippen LogP contribution in [-0.2, 0) is 4.79 Å². The number of hydrogen-bond donors (Lipinski definition) is 1. The molecule has 1 aliphatic rings. The molecule has 0 aromatic rings. The molecule has 1 rings (SSSR count). The fourth-order valence-electron chi connectivity index (χ4n) is 0.662. The Labute approximate surface area is 80.8 Å². The van der Waals surface area contributed by atoms with Gasteiger partial charge in [0, 0.05) is 18.2 Å². The zero-order chi connectivity index (χ0) is 8.10. The van der Waals surface area contributed by atoms with E-state index in [0.717, 1.165) is 5.57 Å². The number of allylic oxidation sites excluding steroid dienone is 2. The second kappa shape index (κ2) is 5.85. The van der Waals surface area contributed by atoms with Crippen LogP contribution in [0.25, 0.3) is 0 Å². The van der Waals surface area contributed by atoms with E-state index in [1.54, 1.807) is 23.8 Å². The molecular weight excluding hydrogens is 198 g/mol. The summed E-state index contributed by atoms with van der Waals surface area (Å²) in [4.78, 5) is 10.3. The molecule has 0 saturated carbocycles. The zero-order valence-corrected chi connectivity index (χ0v) is 7.77. The molecule has 0 aromatic heterocycles. The van der Waals surface area contributed by atoms with Crippen molar-refractivity contribution in [2.45, 2.75) is 6.42 Å². The largest absolute Gasteiger partial charge is 0.481 e. The van der Waals surface area contributed by atoms with Crippen molar-refractivity contribution in [3.8, 4) is 0 Å². The van der Waals surface area contributed by atoms with Crippen LogP contribution in [0.5, 0.6) is 0 Å². The number of carboxylic acids is 1. The molecule has 0 amide bonds. The van der Waals surface area contributed by atoms with Gasteiger partial charge in [-0.05, 0) is 17.1 Å². The minimum absolute atomic E-state index is 0. The monoisotopic (exact) mass is 205 g/mol. The summed E-state index contributed by atoms with van der Waals surface area (Å²) >= 11 is 1.29. The predicted molar refractivity (Wildman–Crippen MR) is 52.8 cm³/mol. The number of halogens is 1. The van der Waals surface area contributed by atoms with Crippen LogP contribution in [0.3, 0.4) is 0 Å². The molecule has 0 bridgehead atoms. The third kappa shape index (κ3) is 4.20. The normalized spacial score (nSPS) is 14.5. The molecule has 0 saturated heterocycles. The van der Waals surface area contributed by atoms with E-state index >= 15 is 0 Å². The molecule has 0 aromatic carbocycles. The molecule has 66 valence electrons. The summed E-state index contributed by atoms with van der Waals surface area (Å²) in [6.45, 7) is 0. The summed E-state index contributed by atoms with van der Waals surface area (Å²) in [5.41, 5.74) is 0.770. The Kier molecular flexibility index (Phi) is 5.49. The first-order chi connectivity index (χ1) is 5.29. The van der Waals surface area contributed by atoms with Gasteiger partial charge in [-0.3, -0.25) is 4.79 Å². The maximum Gasteiger partial charge on any atom is 0.307 e. The Morgan fingerprint density at radius 1 is 1.67 bits per heavy atom. The van der Waals surface area contributed by atoms with E-state index in [2.05, 4.69) is 4.40 Å². The van der Waals surface area contributed by atoms with E-state index in [9.17, 15) is 4.79 Å². The van der Waals surface area contributed by atoms with Gasteiger partial charge < -0.3 is 5.11 Å². The van der Waals surface area contributed by atoms with Crippen molar-refractivity contribution in [3.05, 3.63) is 23.1 Å². The molecular formula is C7H8ClNO2S. The van der Waals surface area contributed by atoms with E-state index < -0.39 is 5.97 Å². The number of carbonyl (C=O) groups is 1. The highest BCUT2D eigenvalue weighted by molar-refractivity contribution is 8.01. The van der Waals surface area contributed by atoms with Crippen molar-refractivity contribution in [2.75, 3.05) is 0 Å². The molecule has 1 N–H and O–H groups in total. The van der Waals surface area contributed by atoms with Crippen LogP contribution in [0.1, 0.15) is 6.42 Å². The Balaban J connectivity index is 0.00000121. The molecule has 0 spiro atoms. The first-order valence-electron chi connectivity index (χ1n) is 3.06. The Morgan fingerprint density at radius 2 is 2.42 bits per heavy atom. The quantitative estimate of drug-likeness (QED) is 0.702. The first kappa shape index (κ1) is 11.3. The summed E-state index contributed by atoms with van der Waals surface area (Å²) in [5, 5.41) is 10.2. The number of rotatable bonds is 2. The summed E-state index contributed by atoms with van der Waals surface area (Å²) < 4.78 is 3.86. The third-order valence-corrected chi connectivity index (χ3v) is 1.61. The summed E-state index contributed by atoms with van der Waals surface area (Å²) in [5.74, 6) is -0.818. The van der Waals surface area contributed by atoms with Gasteiger partial charge in [0.25, 0.3) is 0 Å². The topological polar surface area (TPSA) is 49.7 Å². The summed E-state index contributed by atoms with van der Waals surface area (Å²) in [6, 6.07) is 0. The summed E-state index contributed by atoms with van der Waals surface area (Å²) in [7, 11) is 0.